The van der Waals surface area contributed by atoms with Crippen LogP contribution in [0.1, 0.15) is 26.7 Å². The molecule has 2 rings (SSSR count). The summed E-state index contributed by atoms with van der Waals surface area (Å²) >= 11 is 0. The van der Waals surface area contributed by atoms with Crippen LogP contribution >= 0.6 is 0 Å². The maximum Gasteiger partial charge on any atom is 0.166 e. The van der Waals surface area contributed by atoms with Crippen LogP contribution in [0.5, 0.6) is 0 Å². The number of para-hydroxylation sites is 1. The van der Waals surface area contributed by atoms with Crippen molar-refractivity contribution in [3.63, 3.8) is 0 Å². The highest BCUT2D eigenvalue weighted by molar-refractivity contribution is 6.22. The summed E-state index contributed by atoms with van der Waals surface area (Å²) in [6.45, 7) is 3.90. The third-order valence-electron chi connectivity index (χ3n) is 3.26. The first-order valence-corrected chi connectivity index (χ1v) is 6.73. The van der Waals surface area contributed by atoms with Gasteiger partial charge in [0.1, 0.15) is 0 Å². The van der Waals surface area contributed by atoms with Gasteiger partial charge >= 0.3 is 0 Å². The number of carbonyl (C=O) groups excluding carboxylic acids is 2. The van der Waals surface area contributed by atoms with Gasteiger partial charge in [-0.25, -0.2) is 0 Å². The van der Waals surface area contributed by atoms with Crippen LogP contribution in [0.3, 0.4) is 0 Å². The van der Waals surface area contributed by atoms with E-state index in [-0.39, 0.29) is 17.0 Å². The Morgan fingerprint density at radius 1 is 1.05 bits per heavy atom. The fourth-order valence-corrected chi connectivity index (χ4v) is 2.29. The van der Waals surface area contributed by atoms with Crippen molar-refractivity contribution >= 4 is 17.3 Å². The third-order valence-corrected chi connectivity index (χ3v) is 3.26. The molecule has 0 aliphatic heterocycles. The molecule has 1 aliphatic rings. The van der Waals surface area contributed by atoms with E-state index in [1.807, 2.05) is 44.2 Å². The van der Waals surface area contributed by atoms with Gasteiger partial charge in [0.25, 0.3) is 0 Å². The molecule has 0 spiro atoms. The van der Waals surface area contributed by atoms with Crippen molar-refractivity contribution < 1.29 is 9.59 Å². The van der Waals surface area contributed by atoms with E-state index < -0.39 is 0 Å². The van der Waals surface area contributed by atoms with E-state index in [0.717, 1.165) is 5.69 Å². The zero-order valence-corrected chi connectivity index (χ0v) is 11.8. The number of hydrogen-bond donors (Lipinski definition) is 1. The molecule has 3 heteroatoms. The van der Waals surface area contributed by atoms with Crippen LogP contribution in [0.2, 0.25) is 0 Å². The second kappa shape index (κ2) is 5.87. The number of hydrogen-bond acceptors (Lipinski definition) is 3. The Morgan fingerprint density at radius 2 is 1.65 bits per heavy atom. The Labute approximate surface area is 119 Å². The molecule has 1 fully saturated rings. The van der Waals surface area contributed by atoms with Gasteiger partial charge in [0.05, 0.1) is 5.57 Å². The van der Waals surface area contributed by atoms with Gasteiger partial charge in [-0.15, -0.1) is 0 Å². The minimum Gasteiger partial charge on any atom is -0.362 e. The molecule has 20 heavy (non-hydrogen) atoms. The number of ketones is 2. The predicted octanol–water partition coefficient (Wildman–Crippen LogP) is 3.50. The summed E-state index contributed by atoms with van der Waals surface area (Å²) < 4.78 is 0. The zero-order valence-electron chi connectivity index (χ0n) is 11.8. The number of nitrogens with one attached hydrogen (secondary N) is 1. The van der Waals surface area contributed by atoms with E-state index in [9.17, 15) is 9.59 Å². The van der Waals surface area contributed by atoms with E-state index in [4.69, 9.17) is 0 Å². The first-order chi connectivity index (χ1) is 9.48. The summed E-state index contributed by atoms with van der Waals surface area (Å²) in [7, 11) is 0. The monoisotopic (exact) mass is 269 g/mol. The molecule has 1 aromatic carbocycles. The molecular formula is C17H19NO2. The fraction of sp³-hybridized carbons (Fsp3) is 0.294. The zero-order chi connectivity index (χ0) is 14.6. The molecular weight excluding hydrogens is 250 g/mol. The lowest BCUT2D eigenvalue weighted by atomic mass is 9.74. The number of rotatable bonds is 3. The quantitative estimate of drug-likeness (QED) is 0.675. The topological polar surface area (TPSA) is 46.2 Å². The van der Waals surface area contributed by atoms with Crippen molar-refractivity contribution in [1.82, 2.24) is 0 Å². The van der Waals surface area contributed by atoms with Gasteiger partial charge in [-0.1, -0.05) is 32.0 Å². The molecule has 1 aromatic rings. The van der Waals surface area contributed by atoms with Crippen LogP contribution in [0.15, 0.2) is 54.3 Å². The number of anilines is 1. The van der Waals surface area contributed by atoms with Crippen molar-refractivity contribution in [2.75, 3.05) is 5.32 Å². The molecule has 0 radical (unpaired) electrons. The third kappa shape index (κ3) is 3.67. The lowest BCUT2D eigenvalue weighted by Gasteiger charge is -2.28. The van der Waals surface area contributed by atoms with Gasteiger partial charge in [0, 0.05) is 24.7 Å². The lowest BCUT2D eigenvalue weighted by molar-refractivity contribution is -0.127. The Morgan fingerprint density at radius 3 is 2.25 bits per heavy atom. The summed E-state index contributed by atoms with van der Waals surface area (Å²) in [5, 5.41) is 3.08. The van der Waals surface area contributed by atoms with Gasteiger partial charge in [-0.05, 0) is 29.7 Å². The van der Waals surface area contributed by atoms with Crippen LogP contribution in [0.25, 0.3) is 0 Å². The molecule has 0 unspecified atom stereocenters. The molecule has 104 valence electrons. The van der Waals surface area contributed by atoms with Gasteiger partial charge in [0.2, 0.25) is 0 Å². The van der Waals surface area contributed by atoms with Crippen LogP contribution in [0, 0.1) is 5.41 Å². The summed E-state index contributed by atoms with van der Waals surface area (Å²) in [5.74, 6) is -0.119. The number of benzene rings is 1. The summed E-state index contributed by atoms with van der Waals surface area (Å²) in [4.78, 5) is 23.9. The highest BCUT2D eigenvalue weighted by Crippen LogP contribution is 2.33. The highest BCUT2D eigenvalue weighted by Gasteiger charge is 2.34. The van der Waals surface area contributed by atoms with Gasteiger partial charge < -0.3 is 5.32 Å². The summed E-state index contributed by atoms with van der Waals surface area (Å²) in [6.07, 6.45) is 5.91. The second-order valence-electron chi connectivity index (χ2n) is 5.81. The largest absolute Gasteiger partial charge is 0.362 e. The number of allylic oxidation sites excluding steroid dienone is 3. The maximum atomic E-state index is 11.9. The van der Waals surface area contributed by atoms with E-state index in [0.29, 0.717) is 18.4 Å². The normalized spacial score (nSPS) is 18.4. The molecule has 0 atom stereocenters. The first kappa shape index (κ1) is 14.3. The van der Waals surface area contributed by atoms with Crippen molar-refractivity contribution in [3.05, 3.63) is 54.3 Å². The first-order valence-electron chi connectivity index (χ1n) is 6.73. The van der Waals surface area contributed by atoms with Crippen LogP contribution in [-0.4, -0.2) is 11.6 Å². The average molecular weight is 269 g/mol. The molecule has 1 aliphatic carbocycles. The maximum absolute atomic E-state index is 11.9. The Bertz CT molecular complexity index is 546. The van der Waals surface area contributed by atoms with Crippen molar-refractivity contribution in [2.45, 2.75) is 26.7 Å². The minimum atomic E-state index is -0.211. The summed E-state index contributed by atoms with van der Waals surface area (Å²) in [5.41, 5.74) is 1.07. The molecule has 0 bridgehead atoms. The smallest absolute Gasteiger partial charge is 0.166 e. The SMILES string of the molecule is CC1(C)CC(=O)C(=C/C=C/Nc2ccccc2)C(=O)C1. The van der Waals surface area contributed by atoms with E-state index in [1.165, 1.54) is 0 Å². The Hall–Kier alpha value is -2.16. The van der Waals surface area contributed by atoms with Gasteiger partial charge in [0.15, 0.2) is 11.6 Å². The van der Waals surface area contributed by atoms with Gasteiger partial charge in [-0.3, -0.25) is 9.59 Å². The molecule has 0 heterocycles. The summed E-state index contributed by atoms with van der Waals surface area (Å²) in [6, 6.07) is 9.70. The Balaban J connectivity index is 2.01. The Kier molecular flexibility index (Phi) is 4.18. The molecule has 1 N–H and O–H groups in total. The standard InChI is InChI=1S/C17H19NO2/c1-17(2)11-15(19)14(16(20)12-17)9-6-10-18-13-7-4-3-5-8-13/h3-10,18H,11-12H2,1-2H3/b10-6+. The fourth-order valence-electron chi connectivity index (χ4n) is 2.29. The van der Waals surface area contributed by atoms with Crippen LogP contribution in [-0.2, 0) is 9.59 Å². The molecule has 1 saturated carbocycles. The van der Waals surface area contributed by atoms with Crippen LogP contribution in [0.4, 0.5) is 5.69 Å². The van der Waals surface area contributed by atoms with Crippen molar-refractivity contribution in [2.24, 2.45) is 5.41 Å². The predicted molar refractivity (Wildman–Crippen MR) is 80.3 cm³/mol. The molecule has 3 nitrogen and oxygen atoms in total. The lowest BCUT2D eigenvalue weighted by Crippen LogP contribution is -2.31. The average Bonchev–Trinajstić information content (AvgIpc) is 2.37. The van der Waals surface area contributed by atoms with Crippen LogP contribution < -0.4 is 5.32 Å². The molecule has 0 saturated heterocycles. The minimum absolute atomic E-state index is 0.0596. The molecule has 0 aromatic heterocycles. The van der Waals surface area contributed by atoms with Crippen molar-refractivity contribution in [3.8, 4) is 0 Å². The van der Waals surface area contributed by atoms with Gasteiger partial charge in [-0.2, -0.15) is 0 Å². The number of carbonyl (C=O) groups is 2. The van der Waals surface area contributed by atoms with E-state index in [1.54, 1.807) is 18.4 Å². The second-order valence-corrected chi connectivity index (χ2v) is 5.81. The molecule has 0 amide bonds. The van der Waals surface area contributed by atoms with E-state index >= 15 is 0 Å². The number of Topliss-reactive ketones (excluding diaryl/α,β-unsaturated/α-hetero) is 2. The highest BCUT2D eigenvalue weighted by atomic mass is 16.1. The van der Waals surface area contributed by atoms with E-state index in [2.05, 4.69) is 5.32 Å². The van der Waals surface area contributed by atoms with Crippen molar-refractivity contribution in [1.29, 1.82) is 0 Å².